The molecule has 1 aromatic carbocycles. The minimum absolute atomic E-state index is 0.296. The predicted molar refractivity (Wildman–Crippen MR) is 51.4 cm³/mol. The molecule has 0 fully saturated rings. The maximum absolute atomic E-state index is 12.8. The van der Waals surface area contributed by atoms with Crippen LogP contribution in [-0.2, 0) is 0 Å². The van der Waals surface area contributed by atoms with Gasteiger partial charge in [-0.3, -0.25) is 0 Å². The third kappa shape index (κ3) is 1.51. The Balaban J connectivity index is 2.51. The second-order valence-electron chi connectivity index (χ2n) is 3.25. The van der Waals surface area contributed by atoms with E-state index >= 15 is 0 Å². The predicted octanol–water partition coefficient (Wildman–Crippen LogP) is 3.02. The van der Waals surface area contributed by atoms with Crippen molar-refractivity contribution in [1.82, 2.24) is 0 Å². The van der Waals surface area contributed by atoms with Crippen LogP contribution in [0.2, 0.25) is 0 Å². The van der Waals surface area contributed by atoms with E-state index in [1.807, 2.05) is 6.92 Å². The van der Waals surface area contributed by atoms with Crippen molar-refractivity contribution in [3.8, 4) is 0 Å². The fraction of sp³-hybridized carbons (Fsp3) is 0.273. The zero-order chi connectivity index (χ0) is 10.1. The molecule has 0 aliphatic carbocycles. The van der Waals surface area contributed by atoms with Gasteiger partial charge in [-0.25, -0.2) is 4.39 Å². The van der Waals surface area contributed by atoms with Crippen molar-refractivity contribution in [2.24, 2.45) is 0 Å². The van der Waals surface area contributed by atoms with E-state index < -0.39 is 6.10 Å². The molecule has 0 aliphatic rings. The summed E-state index contributed by atoms with van der Waals surface area (Å²) in [6, 6.07) is 5.97. The van der Waals surface area contributed by atoms with Gasteiger partial charge < -0.3 is 9.52 Å². The van der Waals surface area contributed by atoms with E-state index in [9.17, 15) is 9.50 Å². The van der Waals surface area contributed by atoms with Crippen LogP contribution < -0.4 is 0 Å². The molecule has 1 atom stereocenters. The number of aliphatic hydroxyl groups is 1. The van der Waals surface area contributed by atoms with E-state index in [2.05, 4.69) is 0 Å². The van der Waals surface area contributed by atoms with Crippen LogP contribution >= 0.6 is 0 Å². The fourth-order valence-corrected chi connectivity index (χ4v) is 1.40. The molecule has 1 aromatic heterocycles. The third-order valence-corrected chi connectivity index (χ3v) is 2.21. The van der Waals surface area contributed by atoms with Crippen LogP contribution in [-0.4, -0.2) is 5.11 Å². The van der Waals surface area contributed by atoms with Gasteiger partial charge in [-0.05, 0) is 30.7 Å². The van der Waals surface area contributed by atoms with Crippen LogP contribution in [0.1, 0.15) is 25.2 Å². The van der Waals surface area contributed by atoms with Crippen molar-refractivity contribution in [2.45, 2.75) is 19.4 Å². The minimum atomic E-state index is -0.606. The molecule has 0 saturated carbocycles. The Labute approximate surface area is 81.0 Å². The lowest BCUT2D eigenvalue weighted by atomic mass is 10.2. The molecule has 0 radical (unpaired) electrons. The number of halogens is 1. The van der Waals surface area contributed by atoms with Crippen LogP contribution in [0.5, 0.6) is 0 Å². The summed E-state index contributed by atoms with van der Waals surface area (Å²) >= 11 is 0. The summed E-state index contributed by atoms with van der Waals surface area (Å²) in [6.45, 7) is 1.86. The summed E-state index contributed by atoms with van der Waals surface area (Å²) in [5.41, 5.74) is 0.605. The van der Waals surface area contributed by atoms with Gasteiger partial charge in [-0.2, -0.15) is 0 Å². The van der Waals surface area contributed by atoms with Gasteiger partial charge in [0, 0.05) is 5.39 Å². The molecule has 2 nitrogen and oxygen atoms in total. The van der Waals surface area contributed by atoms with Crippen molar-refractivity contribution >= 4 is 11.0 Å². The summed E-state index contributed by atoms with van der Waals surface area (Å²) in [5, 5.41) is 10.2. The molecular weight excluding hydrogens is 183 g/mol. The lowest BCUT2D eigenvalue weighted by Crippen LogP contribution is -1.90. The number of aliphatic hydroxyl groups excluding tert-OH is 1. The highest BCUT2D eigenvalue weighted by Gasteiger charge is 2.11. The molecule has 2 aromatic rings. The number of fused-ring (bicyclic) bond motifs is 1. The monoisotopic (exact) mass is 194 g/mol. The molecule has 14 heavy (non-hydrogen) atoms. The molecule has 1 heterocycles. The second-order valence-corrected chi connectivity index (χ2v) is 3.25. The van der Waals surface area contributed by atoms with Crippen molar-refractivity contribution in [2.75, 3.05) is 0 Å². The fourth-order valence-electron chi connectivity index (χ4n) is 1.40. The summed E-state index contributed by atoms with van der Waals surface area (Å²) in [7, 11) is 0. The Bertz CT molecular complexity index is 447. The second kappa shape index (κ2) is 3.42. The van der Waals surface area contributed by atoms with Crippen molar-refractivity contribution in [3.05, 3.63) is 35.8 Å². The van der Waals surface area contributed by atoms with Gasteiger partial charge in [-0.15, -0.1) is 0 Å². The Morgan fingerprint density at radius 1 is 1.43 bits per heavy atom. The van der Waals surface area contributed by atoms with Crippen molar-refractivity contribution in [3.63, 3.8) is 0 Å². The Morgan fingerprint density at radius 2 is 2.21 bits per heavy atom. The van der Waals surface area contributed by atoms with Gasteiger partial charge >= 0.3 is 0 Å². The summed E-state index contributed by atoms with van der Waals surface area (Å²) in [5.74, 6) is 0.198. The van der Waals surface area contributed by atoms with Gasteiger partial charge in [0.05, 0.1) is 0 Å². The van der Waals surface area contributed by atoms with Crippen LogP contribution in [0, 0.1) is 5.82 Å². The molecule has 0 aliphatic heterocycles. The number of hydrogen-bond acceptors (Lipinski definition) is 2. The van der Waals surface area contributed by atoms with Crippen LogP contribution in [0.4, 0.5) is 4.39 Å². The van der Waals surface area contributed by atoms with E-state index in [1.165, 1.54) is 12.1 Å². The number of furan rings is 1. The number of benzene rings is 1. The van der Waals surface area contributed by atoms with Crippen molar-refractivity contribution < 1.29 is 13.9 Å². The van der Waals surface area contributed by atoms with Gasteiger partial charge in [0.15, 0.2) is 0 Å². The number of hydrogen-bond donors (Lipinski definition) is 1. The first-order valence-electron chi connectivity index (χ1n) is 4.57. The van der Waals surface area contributed by atoms with E-state index in [0.717, 1.165) is 0 Å². The molecule has 1 N–H and O–H groups in total. The molecule has 0 saturated heterocycles. The standard InChI is InChI=1S/C11H11FO2/c1-2-9(13)11-6-7-5-8(12)3-4-10(7)14-11/h3-6,9,13H,2H2,1H3. The first-order chi connectivity index (χ1) is 6.70. The SMILES string of the molecule is CCC(O)c1cc2cc(F)ccc2o1. The summed E-state index contributed by atoms with van der Waals surface area (Å²) in [6.07, 6.45) is -0.0204. The molecular formula is C11H11FO2. The Morgan fingerprint density at radius 3 is 2.93 bits per heavy atom. The van der Waals surface area contributed by atoms with E-state index in [-0.39, 0.29) is 5.82 Å². The molecule has 74 valence electrons. The van der Waals surface area contributed by atoms with Crippen molar-refractivity contribution in [1.29, 1.82) is 0 Å². The lowest BCUT2D eigenvalue weighted by molar-refractivity contribution is 0.148. The largest absolute Gasteiger partial charge is 0.458 e. The highest BCUT2D eigenvalue weighted by Crippen LogP contribution is 2.25. The highest BCUT2D eigenvalue weighted by molar-refractivity contribution is 5.77. The van der Waals surface area contributed by atoms with Crippen LogP contribution in [0.25, 0.3) is 11.0 Å². The zero-order valence-corrected chi connectivity index (χ0v) is 7.83. The quantitative estimate of drug-likeness (QED) is 0.797. The molecule has 0 bridgehead atoms. The van der Waals surface area contributed by atoms with E-state index in [1.54, 1.807) is 12.1 Å². The summed E-state index contributed by atoms with van der Waals surface area (Å²) in [4.78, 5) is 0. The maximum Gasteiger partial charge on any atom is 0.134 e. The Hall–Kier alpha value is -1.35. The smallest absolute Gasteiger partial charge is 0.134 e. The van der Waals surface area contributed by atoms with Gasteiger partial charge in [-0.1, -0.05) is 6.92 Å². The van der Waals surface area contributed by atoms with Gasteiger partial charge in [0.2, 0.25) is 0 Å². The molecule has 0 spiro atoms. The van der Waals surface area contributed by atoms with Crippen LogP contribution in [0.3, 0.4) is 0 Å². The Kier molecular flexibility index (Phi) is 2.25. The highest BCUT2D eigenvalue weighted by atomic mass is 19.1. The molecule has 2 rings (SSSR count). The average Bonchev–Trinajstić information content (AvgIpc) is 2.59. The van der Waals surface area contributed by atoms with Crippen LogP contribution in [0.15, 0.2) is 28.7 Å². The van der Waals surface area contributed by atoms with Gasteiger partial charge in [0.25, 0.3) is 0 Å². The first kappa shape index (κ1) is 9.21. The molecule has 1 unspecified atom stereocenters. The third-order valence-electron chi connectivity index (χ3n) is 2.21. The number of rotatable bonds is 2. The first-order valence-corrected chi connectivity index (χ1v) is 4.57. The maximum atomic E-state index is 12.8. The zero-order valence-electron chi connectivity index (χ0n) is 7.83. The van der Waals surface area contributed by atoms with Gasteiger partial charge in [0.1, 0.15) is 23.3 Å². The summed E-state index contributed by atoms with van der Waals surface area (Å²) < 4.78 is 18.2. The average molecular weight is 194 g/mol. The van der Waals surface area contributed by atoms with E-state index in [0.29, 0.717) is 23.2 Å². The lowest BCUT2D eigenvalue weighted by Gasteiger charge is -2.00. The normalized spacial score (nSPS) is 13.4. The topological polar surface area (TPSA) is 33.4 Å². The minimum Gasteiger partial charge on any atom is -0.458 e. The molecule has 0 amide bonds. The van der Waals surface area contributed by atoms with E-state index in [4.69, 9.17) is 4.42 Å². The molecule has 3 heteroatoms.